The van der Waals surface area contributed by atoms with Crippen LogP contribution < -0.4 is 11.1 Å². The molecule has 25 heavy (non-hydrogen) atoms. The van der Waals surface area contributed by atoms with E-state index in [0.29, 0.717) is 10.9 Å². The molecule has 3 aromatic rings. The minimum atomic E-state index is -4.52. The molecule has 0 aliphatic carbocycles. The van der Waals surface area contributed by atoms with Crippen LogP contribution in [-0.2, 0) is 12.7 Å². The van der Waals surface area contributed by atoms with Crippen LogP contribution in [-0.4, -0.2) is 15.9 Å². The predicted molar refractivity (Wildman–Crippen MR) is 86.6 cm³/mol. The predicted octanol–water partition coefficient (Wildman–Crippen LogP) is 3.16. The lowest BCUT2D eigenvalue weighted by atomic mass is 10.1. The molecule has 8 heteroatoms. The third-order valence-electron chi connectivity index (χ3n) is 3.65. The largest absolute Gasteiger partial charge is 0.416 e. The first-order chi connectivity index (χ1) is 11.9. The molecular weight excluding hydrogens is 333 g/mol. The van der Waals surface area contributed by atoms with Gasteiger partial charge in [-0.25, -0.2) is 4.98 Å². The molecule has 0 bridgehead atoms. The van der Waals surface area contributed by atoms with Crippen molar-refractivity contribution in [3.8, 4) is 0 Å². The number of nitrogens with one attached hydrogen (secondary N) is 1. The number of nitrogens with zero attached hydrogens (tertiary/aromatic N) is 2. The number of carbonyl (C=O) groups is 1. The summed E-state index contributed by atoms with van der Waals surface area (Å²) in [5.41, 5.74) is 5.56. The van der Waals surface area contributed by atoms with Crippen LogP contribution in [0.4, 0.5) is 19.0 Å². The standard InChI is InChI=1S/C17H13F3N4O/c18-17(19,20)13-5-6-22-8-11(13)9-23-16(25)12-7-10-3-1-2-4-14(10)24-15(12)21/h1-8H,9H2,(H2,21,24)(H,23,25). The number of benzene rings is 1. The zero-order chi connectivity index (χ0) is 18.0. The summed E-state index contributed by atoms with van der Waals surface area (Å²) >= 11 is 0. The van der Waals surface area contributed by atoms with E-state index in [1.54, 1.807) is 30.3 Å². The minimum absolute atomic E-state index is 0.0124. The molecule has 3 N–H and O–H groups in total. The normalized spacial score (nSPS) is 11.5. The van der Waals surface area contributed by atoms with Gasteiger partial charge in [0, 0.05) is 29.9 Å². The smallest absolute Gasteiger partial charge is 0.383 e. The van der Waals surface area contributed by atoms with Gasteiger partial charge in [-0.1, -0.05) is 18.2 Å². The highest BCUT2D eigenvalue weighted by Gasteiger charge is 2.33. The summed E-state index contributed by atoms with van der Waals surface area (Å²) in [6, 6.07) is 9.51. The fourth-order valence-corrected chi connectivity index (χ4v) is 2.43. The second-order valence-electron chi connectivity index (χ2n) is 5.33. The highest BCUT2D eigenvalue weighted by atomic mass is 19.4. The first-order valence-corrected chi connectivity index (χ1v) is 7.30. The van der Waals surface area contributed by atoms with Crippen molar-refractivity contribution in [2.24, 2.45) is 0 Å². The number of carbonyl (C=O) groups excluding carboxylic acids is 1. The highest BCUT2D eigenvalue weighted by Crippen LogP contribution is 2.31. The molecule has 0 saturated carbocycles. The van der Waals surface area contributed by atoms with Crippen LogP contribution in [0.2, 0.25) is 0 Å². The molecule has 128 valence electrons. The van der Waals surface area contributed by atoms with Crippen molar-refractivity contribution in [2.75, 3.05) is 5.73 Å². The second kappa shape index (κ2) is 6.39. The molecule has 5 nitrogen and oxygen atoms in total. The lowest BCUT2D eigenvalue weighted by molar-refractivity contribution is -0.138. The molecule has 2 heterocycles. The van der Waals surface area contributed by atoms with E-state index in [1.807, 2.05) is 0 Å². The summed E-state index contributed by atoms with van der Waals surface area (Å²) < 4.78 is 38.9. The summed E-state index contributed by atoms with van der Waals surface area (Å²) in [6.45, 7) is -0.326. The van der Waals surface area contributed by atoms with Gasteiger partial charge in [0.15, 0.2) is 0 Å². The van der Waals surface area contributed by atoms with Crippen molar-refractivity contribution >= 4 is 22.6 Å². The van der Waals surface area contributed by atoms with Crippen LogP contribution in [0, 0.1) is 0 Å². The Morgan fingerprint density at radius 1 is 1.20 bits per heavy atom. The van der Waals surface area contributed by atoms with Crippen molar-refractivity contribution in [3.05, 3.63) is 65.5 Å². The molecule has 0 fully saturated rings. The van der Waals surface area contributed by atoms with Crippen molar-refractivity contribution in [1.82, 2.24) is 15.3 Å². The van der Waals surface area contributed by atoms with E-state index in [1.165, 1.54) is 0 Å². The first-order valence-electron chi connectivity index (χ1n) is 7.30. The Bertz CT molecular complexity index is 941. The topological polar surface area (TPSA) is 80.9 Å². The van der Waals surface area contributed by atoms with Gasteiger partial charge in [-0.05, 0) is 18.2 Å². The molecule has 0 unspecified atom stereocenters. The third-order valence-corrected chi connectivity index (χ3v) is 3.65. The zero-order valence-electron chi connectivity index (χ0n) is 12.8. The molecule has 1 aromatic carbocycles. The molecule has 0 atom stereocenters. The number of fused-ring (bicyclic) bond motifs is 1. The van der Waals surface area contributed by atoms with Gasteiger partial charge in [0.2, 0.25) is 0 Å². The number of para-hydroxylation sites is 1. The maximum absolute atomic E-state index is 13.0. The summed E-state index contributed by atoms with van der Waals surface area (Å²) in [5.74, 6) is -0.592. The summed E-state index contributed by atoms with van der Waals surface area (Å²) in [4.78, 5) is 20.1. The molecular formula is C17H13F3N4O. The van der Waals surface area contributed by atoms with E-state index in [9.17, 15) is 18.0 Å². The van der Waals surface area contributed by atoms with Crippen LogP contribution in [0.1, 0.15) is 21.5 Å². The molecule has 0 saturated heterocycles. The molecule has 0 spiro atoms. The Hall–Kier alpha value is -3.16. The molecule has 2 aromatic heterocycles. The van der Waals surface area contributed by atoms with Crippen LogP contribution >= 0.6 is 0 Å². The maximum Gasteiger partial charge on any atom is 0.416 e. The van der Waals surface area contributed by atoms with Crippen LogP contribution in [0.5, 0.6) is 0 Å². The number of aromatic nitrogens is 2. The molecule has 0 aliphatic rings. The van der Waals surface area contributed by atoms with Gasteiger partial charge in [-0.3, -0.25) is 9.78 Å². The third kappa shape index (κ3) is 3.52. The number of pyridine rings is 2. The number of amides is 1. The summed E-state index contributed by atoms with van der Waals surface area (Å²) in [7, 11) is 0. The number of alkyl halides is 3. The average Bonchev–Trinajstić information content (AvgIpc) is 2.58. The zero-order valence-corrected chi connectivity index (χ0v) is 12.8. The van der Waals surface area contributed by atoms with E-state index in [2.05, 4.69) is 15.3 Å². The Balaban J connectivity index is 1.83. The van der Waals surface area contributed by atoms with E-state index < -0.39 is 17.6 Å². The van der Waals surface area contributed by atoms with Crippen molar-refractivity contribution < 1.29 is 18.0 Å². The second-order valence-corrected chi connectivity index (χ2v) is 5.33. The maximum atomic E-state index is 13.0. The Labute approximate surface area is 140 Å². The van der Waals surface area contributed by atoms with Gasteiger partial charge in [-0.15, -0.1) is 0 Å². The number of nitrogens with two attached hydrogens (primary N) is 1. The number of anilines is 1. The summed E-state index contributed by atoms with van der Waals surface area (Å²) in [5, 5.41) is 3.14. The summed E-state index contributed by atoms with van der Waals surface area (Å²) in [6.07, 6.45) is -2.39. The first kappa shape index (κ1) is 16.7. The number of nitrogen functional groups attached to an aromatic ring is 1. The van der Waals surface area contributed by atoms with Gasteiger partial charge >= 0.3 is 6.18 Å². The molecule has 1 amide bonds. The molecule has 3 rings (SSSR count). The van der Waals surface area contributed by atoms with E-state index >= 15 is 0 Å². The van der Waals surface area contributed by atoms with Crippen molar-refractivity contribution in [2.45, 2.75) is 12.7 Å². The number of hydrogen-bond acceptors (Lipinski definition) is 4. The molecule has 0 radical (unpaired) electrons. The van der Waals surface area contributed by atoms with Gasteiger partial charge in [-0.2, -0.15) is 13.2 Å². The molecule has 0 aliphatic heterocycles. The monoisotopic (exact) mass is 346 g/mol. The van der Waals surface area contributed by atoms with Gasteiger partial charge in [0.1, 0.15) is 5.82 Å². The van der Waals surface area contributed by atoms with Gasteiger partial charge in [0.05, 0.1) is 16.6 Å². The SMILES string of the molecule is Nc1nc2ccccc2cc1C(=O)NCc1cnccc1C(F)(F)F. The van der Waals surface area contributed by atoms with E-state index in [0.717, 1.165) is 18.5 Å². The van der Waals surface area contributed by atoms with Crippen LogP contribution in [0.3, 0.4) is 0 Å². The van der Waals surface area contributed by atoms with Crippen molar-refractivity contribution in [3.63, 3.8) is 0 Å². The Morgan fingerprint density at radius 2 is 1.96 bits per heavy atom. The fraction of sp³-hybridized carbons (Fsp3) is 0.118. The number of rotatable bonds is 3. The lowest BCUT2D eigenvalue weighted by Gasteiger charge is -2.13. The minimum Gasteiger partial charge on any atom is -0.383 e. The van der Waals surface area contributed by atoms with Gasteiger partial charge < -0.3 is 11.1 Å². The highest BCUT2D eigenvalue weighted by molar-refractivity contribution is 6.01. The average molecular weight is 346 g/mol. The van der Waals surface area contributed by atoms with Gasteiger partial charge in [0.25, 0.3) is 5.91 Å². The number of halogens is 3. The lowest BCUT2D eigenvalue weighted by Crippen LogP contribution is -2.25. The quantitative estimate of drug-likeness (QED) is 0.763. The van der Waals surface area contributed by atoms with Crippen LogP contribution in [0.25, 0.3) is 10.9 Å². The van der Waals surface area contributed by atoms with E-state index in [4.69, 9.17) is 5.73 Å². The fourth-order valence-electron chi connectivity index (χ4n) is 2.43. The Morgan fingerprint density at radius 3 is 2.72 bits per heavy atom. The van der Waals surface area contributed by atoms with Crippen molar-refractivity contribution in [1.29, 1.82) is 0 Å². The Kier molecular flexibility index (Phi) is 4.26. The van der Waals surface area contributed by atoms with Crippen LogP contribution in [0.15, 0.2) is 48.8 Å². The number of hydrogen-bond donors (Lipinski definition) is 2. The van der Waals surface area contributed by atoms with E-state index in [-0.39, 0.29) is 23.5 Å².